The van der Waals surface area contributed by atoms with E-state index in [2.05, 4.69) is 10.3 Å². The van der Waals surface area contributed by atoms with Crippen molar-refractivity contribution in [3.8, 4) is 5.75 Å². The van der Waals surface area contributed by atoms with Crippen molar-refractivity contribution in [1.29, 1.82) is 0 Å². The number of thioether (sulfide) groups is 2. The molecule has 0 radical (unpaired) electrons. The minimum absolute atomic E-state index is 0.111. The molecule has 0 saturated carbocycles. The summed E-state index contributed by atoms with van der Waals surface area (Å²) >= 11 is 3.48. The van der Waals surface area contributed by atoms with Gasteiger partial charge in [-0.2, -0.15) is 0 Å². The van der Waals surface area contributed by atoms with Crippen molar-refractivity contribution in [3.05, 3.63) is 59.7 Å². The Bertz CT molecular complexity index is 762. The number of methoxy groups -OCH3 is 1. The summed E-state index contributed by atoms with van der Waals surface area (Å²) in [5, 5.41) is 2.94. The second-order valence-corrected chi connectivity index (χ2v) is 7.43. The van der Waals surface area contributed by atoms with Crippen LogP contribution in [-0.4, -0.2) is 29.7 Å². The normalized spacial score (nSPS) is 13.5. The van der Waals surface area contributed by atoms with Gasteiger partial charge in [-0.05, 0) is 23.8 Å². The summed E-state index contributed by atoms with van der Waals surface area (Å²) in [6, 6.07) is 15.0. The fourth-order valence-corrected chi connectivity index (χ4v) is 4.32. The first-order valence-corrected chi connectivity index (χ1v) is 9.57. The largest absolute Gasteiger partial charge is 0.497 e. The van der Waals surface area contributed by atoms with Crippen molar-refractivity contribution in [2.75, 3.05) is 24.7 Å². The van der Waals surface area contributed by atoms with Crippen LogP contribution in [-0.2, 0) is 5.75 Å². The number of benzene rings is 2. The van der Waals surface area contributed by atoms with E-state index in [0.29, 0.717) is 11.3 Å². The molecule has 0 bridgehead atoms. The van der Waals surface area contributed by atoms with Crippen molar-refractivity contribution in [3.63, 3.8) is 0 Å². The van der Waals surface area contributed by atoms with Crippen LogP contribution in [0.3, 0.4) is 0 Å². The molecule has 6 heteroatoms. The molecule has 1 aliphatic heterocycles. The Balaban J connectivity index is 1.71. The van der Waals surface area contributed by atoms with E-state index < -0.39 is 0 Å². The fourth-order valence-electron chi connectivity index (χ4n) is 2.31. The van der Waals surface area contributed by atoms with E-state index in [1.807, 2.05) is 42.5 Å². The van der Waals surface area contributed by atoms with Crippen molar-refractivity contribution < 1.29 is 9.53 Å². The minimum atomic E-state index is -0.111. The number of carbonyl (C=O) groups is 1. The smallest absolute Gasteiger partial charge is 0.255 e. The van der Waals surface area contributed by atoms with Crippen LogP contribution >= 0.6 is 23.5 Å². The average molecular weight is 358 g/mol. The second-order valence-electron chi connectivity index (χ2n) is 5.13. The van der Waals surface area contributed by atoms with Crippen LogP contribution in [0.5, 0.6) is 5.75 Å². The maximum atomic E-state index is 12.6. The number of hydrogen-bond donors (Lipinski definition) is 1. The molecule has 0 spiro atoms. The average Bonchev–Trinajstić information content (AvgIpc) is 3.14. The van der Waals surface area contributed by atoms with Gasteiger partial charge < -0.3 is 10.1 Å². The lowest BCUT2D eigenvalue weighted by atomic mass is 10.1. The summed E-state index contributed by atoms with van der Waals surface area (Å²) in [5.74, 6) is 2.40. The van der Waals surface area contributed by atoms with Crippen LogP contribution in [0.2, 0.25) is 0 Å². The number of nitrogens with zero attached hydrogens (tertiary/aromatic N) is 1. The topological polar surface area (TPSA) is 50.7 Å². The van der Waals surface area contributed by atoms with Crippen LogP contribution in [0.25, 0.3) is 0 Å². The molecule has 0 atom stereocenters. The molecule has 3 rings (SSSR count). The van der Waals surface area contributed by atoms with E-state index >= 15 is 0 Å². The number of aliphatic imine (C=N–C) groups is 1. The van der Waals surface area contributed by atoms with E-state index in [0.717, 1.165) is 33.7 Å². The third-order valence-electron chi connectivity index (χ3n) is 3.50. The quantitative estimate of drug-likeness (QED) is 0.866. The van der Waals surface area contributed by atoms with Gasteiger partial charge in [0.1, 0.15) is 10.1 Å². The SMILES string of the molecule is COc1cccc(NC(=O)c2ccccc2CSC2=NCCS2)c1. The molecular formula is C18H18N2O2S2. The third-order valence-corrected chi connectivity index (χ3v) is 5.80. The van der Waals surface area contributed by atoms with Gasteiger partial charge in [0.2, 0.25) is 0 Å². The monoisotopic (exact) mass is 358 g/mol. The Kier molecular flexibility index (Phi) is 5.82. The molecule has 1 amide bonds. The van der Waals surface area contributed by atoms with Crippen molar-refractivity contribution >= 4 is 39.5 Å². The summed E-state index contributed by atoms with van der Waals surface area (Å²) in [6.07, 6.45) is 0. The lowest BCUT2D eigenvalue weighted by Crippen LogP contribution is -2.14. The van der Waals surface area contributed by atoms with Crippen LogP contribution in [0.15, 0.2) is 53.5 Å². The molecule has 0 aliphatic carbocycles. The number of hydrogen-bond acceptors (Lipinski definition) is 5. The van der Waals surface area contributed by atoms with Gasteiger partial charge in [0, 0.05) is 28.8 Å². The molecule has 1 heterocycles. The molecule has 0 saturated heterocycles. The number of anilines is 1. The summed E-state index contributed by atoms with van der Waals surface area (Å²) in [5.41, 5.74) is 2.42. The zero-order chi connectivity index (χ0) is 16.8. The first-order chi connectivity index (χ1) is 11.8. The number of amides is 1. The van der Waals surface area contributed by atoms with E-state index in [4.69, 9.17) is 4.74 Å². The number of nitrogens with one attached hydrogen (secondary N) is 1. The Morgan fingerprint density at radius 1 is 1.29 bits per heavy atom. The standard InChI is InChI=1S/C18H18N2O2S2/c1-22-15-7-4-6-14(11-15)20-17(21)16-8-3-2-5-13(16)12-24-18-19-9-10-23-18/h2-8,11H,9-10,12H2,1H3,(H,20,21). The highest BCUT2D eigenvalue weighted by molar-refractivity contribution is 8.38. The Hall–Kier alpha value is -1.92. The molecule has 4 nitrogen and oxygen atoms in total. The Morgan fingerprint density at radius 2 is 2.17 bits per heavy atom. The van der Waals surface area contributed by atoms with Crippen LogP contribution in [0.4, 0.5) is 5.69 Å². The number of ether oxygens (including phenoxy) is 1. The first-order valence-electron chi connectivity index (χ1n) is 7.59. The van der Waals surface area contributed by atoms with Crippen LogP contribution < -0.4 is 10.1 Å². The Morgan fingerprint density at radius 3 is 2.96 bits per heavy atom. The molecule has 0 unspecified atom stereocenters. The summed E-state index contributed by atoms with van der Waals surface area (Å²) < 4.78 is 6.30. The molecule has 0 fully saturated rings. The summed E-state index contributed by atoms with van der Waals surface area (Å²) in [7, 11) is 1.61. The van der Waals surface area contributed by atoms with E-state index in [1.54, 1.807) is 36.7 Å². The van der Waals surface area contributed by atoms with E-state index in [9.17, 15) is 4.79 Å². The Labute approximate surface area is 150 Å². The maximum Gasteiger partial charge on any atom is 0.255 e. The molecule has 0 aromatic heterocycles. The summed E-state index contributed by atoms with van der Waals surface area (Å²) in [6.45, 7) is 0.894. The zero-order valence-electron chi connectivity index (χ0n) is 13.3. The van der Waals surface area contributed by atoms with Gasteiger partial charge in [-0.1, -0.05) is 47.8 Å². The highest BCUT2D eigenvalue weighted by Gasteiger charge is 2.14. The molecular weight excluding hydrogens is 340 g/mol. The first kappa shape index (κ1) is 16.9. The molecule has 124 valence electrons. The number of rotatable bonds is 5. The zero-order valence-corrected chi connectivity index (χ0v) is 15.0. The lowest BCUT2D eigenvalue weighted by Gasteiger charge is -2.11. The van der Waals surface area contributed by atoms with Crippen molar-refractivity contribution in [1.82, 2.24) is 0 Å². The fraction of sp³-hybridized carbons (Fsp3) is 0.222. The van der Waals surface area contributed by atoms with Gasteiger partial charge in [0.25, 0.3) is 5.91 Å². The number of carbonyl (C=O) groups excluding carboxylic acids is 1. The summed E-state index contributed by atoms with van der Waals surface area (Å²) in [4.78, 5) is 17.1. The maximum absolute atomic E-state index is 12.6. The lowest BCUT2D eigenvalue weighted by molar-refractivity contribution is 0.102. The van der Waals surface area contributed by atoms with Gasteiger partial charge in [0.05, 0.1) is 13.7 Å². The van der Waals surface area contributed by atoms with E-state index in [1.165, 1.54) is 0 Å². The highest BCUT2D eigenvalue weighted by atomic mass is 32.2. The van der Waals surface area contributed by atoms with E-state index in [-0.39, 0.29) is 5.91 Å². The molecule has 2 aromatic carbocycles. The molecule has 24 heavy (non-hydrogen) atoms. The van der Waals surface area contributed by atoms with Gasteiger partial charge >= 0.3 is 0 Å². The van der Waals surface area contributed by atoms with Gasteiger partial charge in [0.15, 0.2) is 0 Å². The van der Waals surface area contributed by atoms with Gasteiger partial charge in [-0.3, -0.25) is 9.79 Å². The predicted molar refractivity (Wildman–Crippen MR) is 103 cm³/mol. The van der Waals surface area contributed by atoms with Crippen molar-refractivity contribution in [2.45, 2.75) is 5.75 Å². The molecule has 1 N–H and O–H groups in total. The van der Waals surface area contributed by atoms with Crippen LogP contribution in [0, 0.1) is 0 Å². The van der Waals surface area contributed by atoms with Gasteiger partial charge in [-0.15, -0.1) is 0 Å². The van der Waals surface area contributed by atoms with Gasteiger partial charge in [-0.25, -0.2) is 0 Å². The minimum Gasteiger partial charge on any atom is -0.497 e. The van der Waals surface area contributed by atoms with Crippen molar-refractivity contribution in [2.24, 2.45) is 4.99 Å². The molecule has 1 aliphatic rings. The third kappa shape index (κ3) is 4.33. The highest BCUT2D eigenvalue weighted by Crippen LogP contribution is 2.27. The predicted octanol–water partition coefficient (Wildman–Crippen LogP) is 4.28. The molecule has 2 aromatic rings. The van der Waals surface area contributed by atoms with Crippen LogP contribution in [0.1, 0.15) is 15.9 Å². The second kappa shape index (κ2) is 8.26.